The average molecular weight is 324 g/mol. The van der Waals surface area contributed by atoms with E-state index in [9.17, 15) is 4.79 Å². The minimum atomic E-state index is -0.0792. The number of aromatic nitrogens is 2. The van der Waals surface area contributed by atoms with Gasteiger partial charge in [0.05, 0.1) is 5.69 Å². The number of fused-ring (bicyclic) bond motifs is 4. The number of aromatic amines is 1. The molecule has 0 amide bonds. The normalized spacial score (nSPS) is 11.6. The van der Waals surface area contributed by atoms with Crippen LogP contribution < -0.4 is 5.56 Å². The van der Waals surface area contributed by atoms with Crippen molar-refractivity contribution in [2.24, 2.45) is 7.05 Å². The van der Waals surface area contributed by atoms with Crippen molar-refractivity contribution < 1.29 is 0 Å². The zero-order valence-electron chi connectivity index (χ0n) is 13.8. The molecule has 0 aliphatic carbocycles. The molecule has 0 bridgehead atoms. The van der Waals surface area contributed by atoms with Crippen molar-refractivity contribution in [3.8, 4) is 11.3 Å². The van der Waals surface area contributed by atoms with Crippen molar-refractivity contribution in [2.45, 2.75) is 0 Å². The summed E-state index contributed by atoms with van der Waals surface area (Å²) in [6, 6.07) is 24.4. The molecule has 0 saturated heterocycles. The lowest BCUT2D eigenvalue weighted by Crippen LogP contribution is -2.05. The van der Waals surface area contributed by atoms with Gasteiger partial charge in [-0.2, -0.15) is 0 Å². The average Bonchev–Trinajstić information content (AvgIpc) is 2.92. The fourth-order valence-corrected chi connectivity index (χ4v) is 3.76. The van der Waals surface area contributed by atoms with Gasteiger partial charge in [-0.25, -0.2) is 0 Å². The summed E-state index contributed by atoms with van der Waals surface area (Å²) in [5.41, 5.74) is 4.14. The largest absolute Gasteiger partial charge is 0.344 e. The quantitative estimate of drug-likeness (QED) is 0.471. The number of H-pyrrole nitrogens is 1. The van der Waals surface area contributed by atoms with E-state index in [4.69, 9.17) is 0 Å². The Morgan fingerprint density at radius 2 is 1.52 bits per heavy atom. The first-order chi connectivity index (χ1) is 12.2. The smallest absolute Gasteiger partial charge is 0.249 e. The summed E-state index contributed by atoms with van der Waals surface area (Å²) in [5.74, 6) is 0. The molecule has 3 heteroatoms. The third kappa shape index (κ3) is 2.02. The highest BCUT2D eigenvalue weighted by Gasteiger charge is 2.12. The first-order valence-electron chi connectivity index (χ1n) is 8.32. The topological polar surface area (TPSA) is 37.8 Å². The van der Waals surface area contributed by atoms with Crippen LogP contribution in [0, 0.1) is 0 Å². The van der Waals surface area contributed by atoms with Crippen molar-refractivity contribution in [3.63, 3.8) is 0 Å². The number of rotatable bonds is 1. The Hall–Kier alpha value is -3.33. The number of benzene rings is 3. The number of pyridine rings is 1. The van der Waals surface area contributed by atoms with Crippen molar-refractivity contribution in [3.05, 3.63) is 83.2 Å². The summed E-state index contributed by atoms with van der Waals surface area (Å²) >= 11 is 0. The van der Waals surface area contributed by atoms with Crippen LogP contribution in [0.1, 0.15) is 0 Å². The minimum Gasteiger partial charge on any atom is -0.344 e. The predicted molar refractivity (Wildman–Crippen MR) is 104 cm³/mol. The Kier molecular flexibility index (Phi) is 2.86. The molecular formula is C22H16N2O. The standard InChI is InChI=1S/C22H16N2O/c1-24-19-10-6-5-9-16(19)18-13-17-15(11-20(18)24)12-21(25)23-22(17)14-7-3-2-4-8-14/h2-13H,1H3,(H,23,25). The van der Waals surface area contributed by atoms with E-state index in [2.05, 4.69) is 53.0 Å². The van der Waals surface area contributed by atoms with Gasteiger partial charge in [0.2, 0.25) is 5.56 Å². The van der Waals surface area contributed by atoms with Gasteiger partial charge in [-0.1, -0.05) is 48.5 Å². The second kappa shape index (κ2) is 5.08. The molecule has 0 fully saturated rings. The molecule has 25 heavy (non-hydrogen) atoms. The Morgan fingerprint density at radius 3 is 2.36 bits per heavy atom. The molecule has 0 unspecified atom stereocenters. The molecule has 0 radical (unpaired) electrons. The van der Waals surface area contributed by atoms with Gasteiger partial charge in [0.15, 0.2) is 0 Å². The second-order valence-corrected chi connectivity index (χ2v) is 6.41. The van der Waals surface area contributed by atoms with Crippen LogP contribution in [0.4, 0.5) is 0 Å². The van der Waals surface area contributed by atoms with Gasteiger partial charge in [0, 0.05) is 40.3 Å². The highest BCUT2D eigenvalue weighted by Crippen LogP contribution is 2.34. The molecule has 3 aromatic carbocycles. The van der Waals surface area contributed by atoms with Crippen LogP contribution in [0.5, 0.6) is 0 Å². The molecule has 120 valence electrons. The summed E-state index contributed by atoms with van der Waals surface area (Å²) in [5, 5.41) is 4.46. The minimum absolute atomic E-state index is 0.0792. The molecule has 5 aromatic rings. The lowest BCUT2D eigenvalue weighted by atomic mass is 10.0. The molecule has 0 spiro atoms. The number of para-hydroxylation sites is 1. The van der Waals surface area contributed by atoms with E-state index in [-0.39, 0.29) is 5.56 Å². The van der Waals surface area contributed by atoms with Crippen LogP contribution >= 0.6 is 0 Å². The third-order valence-electron chi connectivity index (χ3n) is 4.95. The van der Waals surface area contributed by atoms with E-state index in [1.165, 1.54) is 16.3 Å². The predicted octanol–water partition coefficient (Wildman–Crippen LogP) is 4.84. The lowest BCUT2D eigenvalue weighted by molar-refractivity contribution is 1.02. The summed E-state index contributed by atoms with van der Waals surface area (Å²) in [7, 11) is 2.07. The zero-order valence-corrected chi connectivity index (χ0v) is 13.8. The maximum Gasteiger partial charge on any atom is 0.249 e. The molecule has 2 aromatic heterocycles. The number of aryl methyl sites for hydroxylation is 1. The third-order valence-corrected chi connectivity index (χ3v) is 4.95. The van der Waals surface area contributed by atoms with Crippen LogP contribution in [0.3, 0.4) is 0 Å². The molecule has 0 saturated carbocycles. The van der Waals surface area contributed by atoms with Gasteiger partial charge < -0.3 is 9.55 Å². The number of hydrogen-bond donors (Lipinski definition) is 1. The zero-order chi connectivity index (χ0) is 17.0. The molecular weight excluding hydrogens is 308 g/mol. The van der Waals surface area contributed by atoms with Crippen molar-refractivity contribution in [1.29, 1.82) is 0 Å². The van der Waals surface area contributed by atoms with Crippen LogP contribution in [0.2, 0.25) is 0 Å². The van der Waals surface area contributed by atoms with E-state index < -0.39 is 0 Å². The fraction of sp³-hybridized carbons (Fsp3) is 0.0455. The van der Waals surface area contributed by atoms with Crippen LogP contribution in [0.15, 0.2) is 77.6 Å². The van der Waals surface area contributed by atoms with Gasteiger partial charge in [-0.3, -0.25) is 4.79 Å². The van der Waals surface area contributed by atoms with Crippen molar-refractivity contribution in [1.82, 2.24) is 9.55 Å². The summed E-state index contributed by atoms with van der Waals surface area (Å²) in [6.07, 6.45) is 0. The van der Waals surface area contributed by atoms with E-state index in [1.54, 1.807) is 6.07 Å². The maximum atomic E-state index is 12.2. The van der Waals surface area contributed by atoms with E-state index in [0.717, 1.165) is 27.5 Å². The second-order valence-electron chi connectivity index (χ2n) is 6.41. The Labute approximate surface area is 144 Å². The Bertz CT molecular complexity index is 1310. The van der Waals surface area contributed by atoms with Crippen LogP contribution in [-0.4, -0.2) is 9.55 Å². The summed E-state index contributed by atoms with van der Waals surface area (Å²) < 4.78 is 2.19. The van der Waals surface area contributed by atoms with E-state index in [1.807, 2.05) is 30.3 Å². The van der Waals surface area contributed by atoms with E-state index in [0.29, 0.717) is 0 Å². The first kappa shape index (κ1) is 14.1. The van der Waals surface area contributed by atoms with Gasteiger partial charge in [-0.05, 0) is 29.1 Å². The van der Waals surface area contributed by atoms with Gasteiger partial charge >= 0.3 is 0 Å². The maximum absolute atomic E-state index is 12.2. The van der Waals surface area contributed by atoms with Gasteiger partial charge in [0.25, 0.3) is 0 Å². The summed E-state index contributed by atoms with van der Waals surface area (Å²) in [6.45, 7) is 0. The lowest BCUT2D eigenvalue weighted by Gasteiger charge is -2.08. The fourth-order valence-electron chi connectivity index (χ4n) is 3.76. The molecule has 0 aliphatic heterocycles. The van der Waals surface area contributed by atoms with Crippen LogP contribution in [-0.2, 0) is 7.05 Å². The molecule has 0 atom stereocenters. The Morgan fingerprint density at radius 1 is 0.760 bits per heavy atom. The SMILES string of the molecule is Cn1c2ccccc2c2cc3c(-c4ccccc4)[nH]c(=O)cc3cc21. The Balaban J connectivity index is 1.98. The monoisotopic (exact) mass is 324 g/mol. The van der Waals surface area contributed by atoms with Crippen molar-refractivity contribution >= 4 is 32.6 Å². The van der Waals surface area contributed by atoms with Crippen molar-refractivity contribution in [2.75, 3.05) is 0 Å². The first-order valence-corrected chi connectivity index (χ1v) is 8.32. The number of nitrogens with one attached hydrogen (secondary N) is 1. The van der Waals surface area contributed by atoms with Gasteiger partial charge in [-0.15, -0.1) is 0 Å². The van der Waals surface area contributed by atoms with Crippen LogP contribution in [0.25, 0.3) is 43.8 Å². The molecule has 5 rings (SSSR count). The molecule has 3 nitrogen and oxygen atoms in total. The van der Waals surface area contributed by atoms with Gasteiger partial charge in [0.1, 0.15) is 0 Å². The molecule has 1 N–H and O–H groups in total. The molecule has 2 heterocycles. The number of hydrogen-bond acceptors (Lipinski definition) is 1. The van der Waals surface area contributed by atoms with E-state index >= 15 is 0 Å². The highest BCUT2D eigenvalue weighted by atomic mass is 16.1. The summed E-state index contributed by atoms with van der Waals surface area (Å²) in [4.78, 5) is 15.2. The number of nitrogens with zero attached hydrogens (tertiary/aromatic N) is 1. The highest BCUT2D eigenvalue weighted by molar-refractivity contribution is 6.14. The molecule has 0 aliphatic rings.